The standard InChI is InChI=1S/C24H21N5OS/c1-15-6-8-18(9-7-15)21-16(2)31-24-22(21)23(27-14-28-24)26-11-10-20(30)29-19-5-3-4-17(12-19)13-25/h3-9,12,14H,10-11H2,1-2H3,(H,29,30)(H,26,27,28). The SMILES string of the molecule is Cc1ccc(-c2c(C)sc3ncnc(NCCC(=O)Nc4cccc(C#N)c4)c23)cc1. The number of nitrogens with zero attached hydrogens (tertiary/aromatic N) is 3. The zero-order chi connectivity index (χ0) is 21.8. The van der Waals surface area contributed by atoms with E-state index >= 15 is 0 Å². The van der Waals surface area contributed by atoms with Crippen molar-refractivity contribution in [3.05, 3.63) is 70.9 Å². The first-order valence-electron chi connectivity index (χ1n) is 9.90. The van der Waals surface area contributed by atoms with Crippen molar-refractivity contribution in [1.82, 2.24) is 9.97 Å². The lowest BCUT2D eigenvalue weighted by Gasteiger charge is -2.10. The summed E-state index contributed by atoms with van der Waals surface area (Å²) in [5.74, 6) is 0.595. The summed E-state index contributed by atoms with van der Waals surface area (Å²) in [4.78, 5) is 23.3. The number of thiophene rings is 1. The topological polar surface area (TPSA) is 90.7 Å². The Kier molecular flexibility index (Phi) is 5.92. The van der Waals surface area contributed by atoms with Gasteiger partial charge < -0.3 is 10.6 Å². The minimum Gasteiger partial charge on any atom is -0.369 e. The molecule has 2 N–H and O–H groups in total. The molecule has 1 amide bonds. The van der Waals surface area contributed by atoms with Gasteiger partial charge in [-0.1, -0.05) is 35.9 Å². The molecule has 6 nitrogen and oxygen atoms in total. The van der Waals surface area contributed by atoms with Gasteiger partial charge in [0.25, 0.3) is 0 Å². The summed E-state index contributed by atoms with van der Waals surface area (Å²) in [6, 6.07) is 17.4. The van der Waals surface area contributed by atoms with Crippen molar-refractivity contribution >= 4 is 39.0 Å². The van der Waals surface area contributed by atoms with Gasteiger partial charge in [0, 0.05) is 29.1 Å². The van der Waals surface area contributed by atoms with Gasteiger partial charge in [-0.25, -0.2) is 9.97 Å². The summed E-state index contributed by atoms with van der Waals surface area (Å²) < 4.78 is 0. The molecule has 0 unspecified atom stereocenters. The fourth-order valence-corrected chi connectivity index (χ4v) is 4.44. The predicted molar refractivity (Wildman–Crippen MR) is 125 cm³/mol. The molecule has 2 aromatic heterocycles. The average molecular weight is 428 g/mol. The fourth-order valence-electron chi connectivity index (χ4n) is 3.43. The maximum Gasteiger partial charge on any atom is 0.226 e. The molecule has 0 atom stereocenters. The number of rotatable bonds is 6. The van der Waals surface area contributed by atoms with Crippen LogP contribution in [0, 0.1) is 25.2 Å². The number of fused-ring (bicyclic) bond motifs is 1. The zero-order valence-electron chi connectivity index (χ0n) is 17.3. The Morgan fingerprint density at radius 1 is 1.13 bits per heavy atom. The lowest BCUT2D eigenvalue weighted by Crippen LogP contribution is -2.16. The van der Waals surface area contributed by atoms with Crippen molar-refractivity contribution in [2.45, 2.75) is 20.3 Å². The Balaban J connectivity index is 1.50. The Morgan fingerprint density at radius 3 is 2.71 bits per heavy atom. The van der Waals surface area contributed by atoms with Crippen LogP contribution < -0.4 is 10.6 Å². The van der Waals surface area contributed by atoms with Crippen LogP contribution >= 0.6 is 11.3 Å². The van der Waals surface area contributed by atoms with E-state index in [4.69, 9.17) is 5.26 Å². The number of anilines is 2. The molecule has 2 aromatic carbocycles. The van der Waals surface area contributed by atoms with Gasteiger partial charge in [-0.2, -0.15) is 5.26 Å². The molecule has 0 saturated carbocycles. The lowest BCUT2D eigenvalue weighted by molar-refractivity contribution is -0.115. The highest BCUT2D eigenvalue weighted by molar-refractivity contribution is 7.19. The Bertz CT molecular complexity index is 1290. The van der Waals surface area contributed by atoms with Gasteiger partial charge in [0.05, 0.1) is 17.0 Å². The molecular weight excluding hydrogens is 406 g/mol. The second-order valence-electron chi connectivity index (χ2n) is 7.22. The first-order valence-corrected chi connectivity index (χ1v) is 10.7. The molecule has 4 rings (SSSR count). The summed E-state index contributed by atoms with van der Waals surface area (Å²) in [6.45, 7) is 4.59. The van der Waals surface area contributed by atoms with Gasteiger partial charge in [0.1, 0.15) is 17.0 Å². The van der Waals surface area contributed by atoms with Gasteiger partial charge in [-0.15, -0.1) is 11.3 Å². The summed E-state index contributed by atoms with van der Waals surface area (Å²) in [5, 5.41) is 16.1. The number of benzene rings is 2. The number of aryl methyl sites for hydroxylation is 2. The van der Waals surface area contributed by atoms with Crippen LogP contribution in [-0.4, -0.2) is 22.4 Å². The third-order valence-electron chi connectivity index (χ3n) is 4.92. The van der Waals surface area contributed by atoms with E-state index in [0.29, 0.717) is 17.8 Å². The summed E-state index contributed by atoms with van der Waals surface area (Å²) in [5.41, 5.74) is 4.59. The van der Waals surface area contributed by atoms with E-state index in [1.165, 1.54) is 10.4 Å². The molecule has 0 aliphatic heterocycles. The highest BCUT2D eigenvalue weighted by atomic mass is 32.1. The van der Waals surface area contributed by atoms with Crippen LogP contribution in [0.15, 0.2) is 54.9 Å². The molecule has 0 radical (unpaired) electrons. The molecule has 0 bridgehead atoms. The molecule has 154 valence electrons. The van der Waals surface area contributed by atoms with Gasteiger partial charge in [-0.05, 0) is 37.6 Å². The first-order chi connectivity index (χ1) is 15.0. The maximum atomic E-state index is 12.3. The summed E-state index contributed by atoms with van der Waals surface area (Å²) in [6.07, 6.45) is 1.82. The third-order valence-corrected chi connectivity index (χ3v) is 5.94. The highest BCUT2D eigenvalue weighted by Crippen LogP contribution is 2.40. The van der Waals surface area contributed by atoms with Crippen molar-refractivity contribution in [1.29, 1.82) is 5.26 Å². The number of carbonyl (C=O) groups is 1. The summed E-state index contributed by atoms with van der Waals surface area (Å²) >= 11 is 1.64. The third kappa shape index (κ3) is 4.55. The number of hydrogen-bond acceptors (Lipinski definition) is 6. The van der Waals surface area contributed by atoms with Crippen molar-refractivity contribution in [2.75, 3.05) is 17.2 Å². The Labute approximate surface area is 184 Å². The number of nitrogens with one attached hydrogen (secondary N) is 2. The number of aromatic nitrogens is 2. The Morgan fingerprint density at radius 2 is 1.94 bits per heavy atom. The molecule has 0 fully saturated rings. The van der Waals surface area contributed by atoms with Gasteiger partial charge in [0.2, 0.25) is 5.91 Å². The molecule has 7 heteroatoms. The van der Waals surface area contributed by atoms with Crippen molar-refractivity contribution in [3.8, 4) is 17.2 Å². The van der Waals surface area contributed by atoms with E-state index in [1.807, 2.05) is 0 Å². The van der Waals surface area contributed by atoms with Crippen LogP contribution in [0.1, 0.15) is 22.4 Å². The van der Waals surface area contributed by atoms with Crippen LogP contribution in [0.3, 0.4) is 0 Å². The second kappa shape index (κ2) is 8.94. The predicted octanol–water partition coefficient (Wildman–Crippen LogP) is 5.29. The Hall–Kier alpha value is -3.76. The van der Waals surface area contributed by atoms with Crippen LogP contribution in [-0.2, 0) is 4.79 Å². The monoisotopic (exact) mass is 427 g/mol. The number of amides is 1. The minimum absolute atomic E-state index is 0.131. The van der Waals surface area contributed by atoms with Gasteiger partial charge >= 0.3 is 0 Å². The van der Waals surface area contributed by atoms with Crippen molar-refractivity contribution < 1.29 is 4.79 Å². The van der Waals surface area contributed by atoms with E-state index in [-0.39, 0.29) is 12.3 Å². The molecule has 0 saturated heterocycles. The van der Waals surface area contributed by atoms with Gasteiger partial charge in [0.15, 0.2) is 0 Å². The van der Waals surface area contributed by atoms with Gasteiger partial charge in [-0.3, -0.25) is 4.79 Å². The highest BCUT2D eigenvalue weighted by Gasteiger charge is 2.16. The smallest absolute Gasteiger partial charge is 0.226 e. The number of hydrogen-bond donors (Lipinski definition) is 2. The fraction of sp³-hybridized carbons (Fsp3) is 0.167. The quantitative estimate of drug-likeness (QED) is 0.436. The molecule has 31 heavy (non-hydrogen) atoms. The number of nitriles is 1. The van der Waals surface area contributed by atoms with Crippen LogP contribution in [0.5, 0.6) is 0 Å². The molecule has 0 spiro atoms. The normalized spacial score (nSPS) is 10.6. The largest absolute Gasteiger partial charge is 0.369 e. The lowest BCUT2D eigenvalue weighted by atomic mass is 10.0. The van der Waals surface area contributed by atoms with E-state index in [1.54, 1.807) is 41.9 Å². The average Bonchev–Trinajstić information content (AvgIpc) is 3.11. The summed E-state index contributed by atoms with van der Waals surface area (Å²) in [7, 11) is 0. The van der Waals surface area contributed by atoms with Crippen molar-refractivity contribution in [3.63, 3.8) is 0 Å². The maximum absolute atomic E-state index is 12.3. The molecule has 0 aliphatic rings. The molecule has 4 aromatic rings. The van der Waals surface area contributed by atoms with E-state index < -0.39 is 0 Å². The minimum atomic E-state index is -0.131. The van der Waals surface area contributed by atoms with Crippen LogP contribution in [0.4, 0.5) is 11.5 Å². The van der Waals surface area contributed by atoms with E-state index in [2.05, 4.69) is 64.8 Å². The van der Waals surface area contributed by atoms with E-state index in [0.717, 1.165) is 27.2 Å². The zero-order valence-corrected chi connectivity index (χ0v) is 18.1. The van der Waals surface area contributed by atoms with E-state index in [9.17, 15) is 4.79 Å². The molecule has 2 heterocycles. The molecule has 0 aliphatic carbocycles. The first kappa shape index (κ1) is 20.5. The van der Waals surface area contributed by atoms with Crippen LogP contribution in [0.2, 0.25) is 0 Å². The van der Waals surface area contributed by atoms with Crippen LogP contribution in [0.25, 0.3) is 21.3 Å². The molecular formula is C24H21N5OS. The van der Waals surface area contributed by atoms with Crippen molar-refractivity contribution in [2.24, 2.45) is 0 Å². The second-order valence-corrected chi connectivity index (χ2v) is 8.42. The number of carbonyl (C=O) groups excluding carboxylic acids is 1.